The van der Waals surface area contributed by atoms with Crippen molar-refractivity contribution < 1.29 is 32.6 Å². The molecule has 1 aromatic carbocycles. The first kappa shape index (κ1) is 27.7. The molecule has 0 aliphatic heterocycles. The zero-order valence-corrected chi connectivity index (χ0v) is 21.9. The van der Waals surface area contributed by atoms with E-state index in [0.29, 0.717) is 5.01 Å². The number of nitrogens with zero attached hydrogens (tertiary/aromatic N) is 4. The molecule has 2 aromatic heterocycles. The summed E-state index contributed by atoms with van der Waals surface area (Å²) in [6, 6.07) is 3.19. The first-order chi connectivity index (χ1) is 17.4. The van der Waals surface area contributed by atoms with Crippen LogP contribution in [0.4, 0.5) is 13.6 Å². The van der Waals surface area contributed by atoms with E-state index in [0.717, 1.165) is 33.2 Å². The fraction of sp³-hybridized carbons (Fsp3) is 0.375. The van der Waals surface area contributed by atoms with Gasteiger partial charge in [0.05, 0.1) is 19.3 Å². The maximum Gasteiger partial charge on any atom is 0.429 e. The lowest BCUT2D eigenvalue weighted by atomic mass is 10.1. The number of carbonyl (C=O) groups is 2. The highest BCUT2D eigenvalue weighted by atomic mass is 32.1. The summed E-state index contributed by atoms with van der Waals surface area (Å²) < 4.78 is 44.2. The third-order valence-corrected chi connectivity index (χ3v) is 5.81. The van der Waals surface area contributed by atoms with Crippen molar-refractivity contribution in [2.45, 2.75) is 39.7 Å². The highest BCUT2D eigenvalue weighted by Gasteiger charge is 2.30. The van der Waals surface area contributed by atoms with E-state index in [1.54, 1.807) is 27.7 Å². The van der Waals surface area contributed by atoms with Crippen molar-refractivity contribution in [2.24, 2.45) is 0 Å². The molecular weight excluding hydrogens is 510 g/mol. The van der Waals surface area contributed by atoms with Crippen molar-refractivity contribution in [2.75, 3.05) is 25.8 Å². The lowest BCUT2D eigenvalue weighted by molar-refractivity contribution is 0.0494. The fourth-order valence-corrected chi connectivity index (χ4v) is 4.09. The van der Waals surface area contributed by atoms with Gasteiger partial charge in [0.1, 0.15) is 22.2 Å². The van der Waals surface area contributed by atoms with Crippen molar-refractivity contribution in [3.8, 4) is 16.3 Å². The van der Waals surface area contributed by atoms with Gasteiger partial charge in [-0.15, -0.1) is 10.2 Å². The predicted octanol–water partition coefficient (Wildman–Crippen LogP) is 3.92. The van der Waals surface area contributed by atoms with E-state index in [1.807, 2.05) is 0 Å². The number of ether oxygens (including phenoxy) is 3. The van der Waals surface area contributed by atoms with Crippen LogP contribution in [0.3, 0.4) is 0 Å². The third-order valence-electron chi connectivity index (χ3n) is 4.85. The van der Waals surface area contributed by atoms with E-state index in [2.05, 4.69) is 10.2 Å². The van der Waals surface area contributed by atoms with Crippen LogP contribution in [0.1, 0.15) is 48.8 Å². The van der Waals surface area contributed by atoms with Crippen LogP contribution in [-0.2, 0) is 15.9 Å². The highest BCUT2D eigenvalue weighted by molar-refractivity contribution is 7.14. The van der Waals surface area contributed by atoms with E-state index >= 15 is 0 Å². The second-order valence-electron chi connectivity index (χ2n) is 8.74. The molecule has 0 bridgehead atoms. The Morgan fingerprint density at radius 3 is 2.49 bits per heavy atom. The number of carbonyl (C=O) groups excluding carboxylic acids is 2. The topological polar surface area (TPSA) is 113 Å². The molecule has 0 aliphatic carbocycles. The van der Waals surface area contributed by atoms with Gasteiger partial charge in [0, 0.05) is 25.7 Å². The van der Waals surface area contributed by atoms with Gasteiger partial charge in [0.25, 0.3) is 0 Å². The summed E-state index contributed by atoms with van der Waals surface area (Å²) in [6.07, 6.45) is 0.414. The van der Waals surface area contributed by atoms with Crippen LogP contribution in [0.15, 0.2) is 29.2 Å². The molecule has 37 heavy (non-hydrogen) atoms. The van der Waals surface area contributed by atoms with Gasteiger partial charge >= 0.3 is 12.1 Å². The number of halogens is 2. The molecule has 0 spiro atoms. The van der Waals surface area contributed by atoms with E-state index in [-0.39, 0.29) is 40.6 Å². The number of hydrogen-bond acceptors (Lipinski definition) is 9. The molecule has 198 valence electrons. The molecular formula is C24H26F2N4O6S. The molecule has 0 fully saturated rings. The van der Waals surface area contributed by atoms with E-state index in [9.17, 15) is 23.2 Å². The minimum absolute atomic E-state index is 0.00772. The number of esters is 1. The molecule has 1 amide bonds. The lowest BCUT2D eigenvalue weighted by Crippen LogP contribution is -2.43. The molecule has 13 heteroatoms. The summed E-state index contributed by atoms with van der Waals surface area (Å²) >= 11 is 0.988. The lowest BCUT2D eigenvalue weighted by Gasteiger charge is -2.28. The quantitative estimate of drug-likeness (QED) is 0.418. The molecule has 3 rings (SSSR count). The summed E-state index contributed by atoms with van der Waals surface area (Å²) in [4.78, 5) is 38.9. The van der Waals surface area contributed by atoms with Crippen LogP contribution >= 0.6 is 11.3 Å². The molecule has 0 radical (unpaired) electrons. The monoisotopic (exact) mass is 536 g/mol. The van der Waals surface area contributed by atoms with Gasteiger partial charge in [-0.25, -0.2) is 28.1 Å². The van der Waals surface area contributed by atoms with Gasteiger partial charge in [-0.2, -0.15) is 0 Å². The number of aromatic nitrogens is 3. The number of methoxy groups -OCH3 is 1. The van der Waals surface area contributed by atoms with Crippen LogP contribution in [0.2, 0.25) is 0 Å². The normalized spacial score (nSPS) is 11.2. The Balaban J connectivity index is 2.12. The smallest absolute Gasteiger partial charge is 0.429 e. The van der Waals surface area contributed by atoms with Crippen molar-refractivity contribution in [3.05, 3.63) is 62.5 Å². The largest absolute Gasteiger partial charge is 0.490 e. The van der Waals surface area contributed by atoms with E-state index < -0.39 is 34.7 Å². The molecule has 0 atom stereocenters. The molecule has 0 unspecified atom stereocenters. The zero-order valence-electron chi connectivity index (χ0n) is 21.1. The van der Waals surface area contributed by atoms with Gasteiger partial charge < -0.3 is 14.2 Å². The number of amides is 1. The summed E-state index contributed by atoms with van der Waals surface area (Å²) in [6.45, 7) is 6.62. The Morgan fingerprint density at radius 1 is 1.19 bits per heavy atom. The summed E-state index contributed by atoms with van der Waals surface area (Å²) in [5.41, 5.74) is -1.71. The molecule has 3 aromatic rings. The first-order valence-electron chi connectivity index (χ1n) is 11.1. The van der Waals surface area contributed by atoms with Crippen molar-refractivity contribution in [3.63, 3.8) is 0 Å². The van der Waals surface area contributed by atoms with Crippen molar-refractivity contribution in [1.82, 2.24) is 14.9 Å². The number of rotatable bonds is 7. The molecule has 0 aliphatic rings. The van der Waals surface area contributed by atoms with Gasteiger partial charge in [-0.05, 0) is 39.3 Å². The average Bonchev–Trinajstić information content (AvgIpc) is 3.27. The SMILES string of the molecule is CCOC(=O)c1c(OC)c(=O)c(-c2nnc(Cc3ccc(F)cc3F)s2)cn1N(C)C(=O)OC(C)(C)C. The summed E-state index contributed by atoms with van der Waals surface area (Å²) in [5, 5.41) is 9.51. The van der Waals surface area contributed by atoms with Gasteiger partial charge in [0.2, 0.25) is 5.43 Å². The number of hydrogen-bond donors (Lipinski definition) is 0. The molecule has 0 N–H and O–H groups in total. The van der Waals surface area contributed by atoms with Crippen molar-refractivity contribution in [1.29, 1.82) is 0 Å². The predicted molar refractivity (Wildman–Crippen MR) is 132 cm³/mol. The van der Waals surface area contributed by atoms with E-state index in [1.165, 1.54) is 26.4 Å². The number of pyridine rings is 1. The van der Waals surface area contributed by atoms with Gasteiger partial charge in [-0.3, -0.25) is 4.79 Å². The van der Waals surface area contributed by atoms with Gasteiger partial charge in [-0.1, -0.05) is 17.4 Å². The van der Waals surface area contributed by atoms with Crippen LogP contribution in [-0.4, -0.2) is 53.3 Å². The molecule has 0 saturated carbocycles. The average molecular weight is 537 g/mol. The molecule has 2 heterocycles. The summed E-state index contributed by atoms with van der Waals surface area (Å²) in [7, 11) is 2.54. The van der Waals surface area contributed by atoms with Crippen LogP contribution < -0.4 is 15.2 Å². The maximum absolute atomic E-state index is 14.1. The second-order valence-corrected chi connectivity index (χ2v) is 9.80. The Hall–Kier alpha value is -3.87. The number of benzene rings is 1. The third kappa shape index (κ3) is 6.28. The van der Waals surface area contributed by atoms with E-state index in [4.69, 9.17) is 14.2 Å². The van der Waals surface area contributed by atoms with Crippen molar-refractivity contribution >= 4 is 23.4 Å². The Labute approximate surface area is 215 Å². The fourth-order valence-electron chi connectivity index (χ4n) is 3.22. The highest BCUT2D eigenvalue weighted by Crippen LogP contribution is 2.27. The maximum atomic E-state index is 14.1. The van der Waals surface area contributed by atoms with Crippen LogP contribution in [0.25, 0.3) is 10.6 Å². The Bertz CT molecular complexity index is 1380. The summed E-state index contributed by atoms with van der Waals surface area (Å²) in [5.74, 6) is -2.72. The minimum atomic E-state index is -0.900. The minimum Gasteiger partial charge on any atom is -0.490 e. The molecule has 10 nitrogen and oxygen atoms in total. The van der Waals surface area contributed by atoms with Crippen LogP contribution in [0, 0.1) is 11.6 Å². The Kier molecular flexibility index (Phi) is 8.26. The van der Waals surface area contributed by atoms with Crippen LogP contribution in [0.5, 0.6) is 5.75 Å². The first-order valence-corrected chi connectivity index (χ1v) is 11.9. The molecule has 0 saturated heterocycles. The standard InChI is InChI=1S/C24H26F2N4O6S/c1-7-35-22(32)18-20(34-6)19(31)15(12-30(18)29(5)23(33)36-24(2,3)4)21-28-27-17(37-21)10-13-8-9-14(25)11-16(13)26/h8-9,11-12H,7,10H2,1-6H3. The Morgan fingerprint density at radius 2 is 1.89 bits per heavy atom. The second kappa shape index (κ2) is 11.0. The van der Waals surface area contributed by atoms with Gasteiger partial charge in [0.15, 0.2) is 16.5 Å². The zero-order chi connectivity index (χ0) is 27.5.